The van der Waals surface area contributed by atoms with Gasteiger partial charge in [-0.1, -0.05) is 43.7 Å². The molecule has 1 aromatic carbocycles. The maximum absolute atomic E-state index is 11.7. The van der Waals surface area contributed by atoms with Crippen LogP contribution in [0.4, 0.5) is 0 Å². The predicted octanol–water partition coefficient (Wildman–Crippen LogP) is 2.92. The molecule has 0 aliphatic carbocycles. The Balaban J connectivity index is 2.45. The van der Waals surface area contributed by atoms with Gasteiger partial charge in [0.1, 0.15) is 0 Å². The molecule has 1 amide bonds. The van der Waals surface area contributed by atoms with E-state index in [1.54, 1.807) is 0 Å². The third-order valence-corrected chi connectivity index (χ3v) is 3.30. The molecule has 0 aliphatic rings. The van der Waals surface area contributed by atoms with Crippen molar-refractivity contribution in [2.45, 2.75) is 27.2 Å². The van der Waals surface area contributed by atoms with Crippen molar-refractivity contribution in [1.82, 2.24) is 5.32 Å². The van der Waals surface area contributed by atoms with E-state index in [4.69, 9.17) is 11.6 Å². The number of halogens is 1. The van der Waals surface area contributed by atoms with Crippen LogP contribution in [0, 0.1) is 12.3 Å². The SMILES string of the molecule is Cc1cccc(CC(=O)NCC(C)(C)CCl)c1. The fourth-order valence-corrected chi connectivity index (χ4v) is 1.55. The van der Waals surface area contributed by atoms with Crippen LogP contribution in [0.2, 0.25) is 0 Å². The van der Waals surface area contributed by atoms with Gasteiger partial charge in [-0.2, -0.15) is 0 Å². The van der Waals surface area contributed by atoms with Crippen LogP contribution in [-0.2, 0) is 11.2 Å². The maximum Gasteiger partial charge on any atom is 0.224 e. The minimum Gasteiger partial charge on any atom is -0.355 e. The topological polar surface area (TPSA) is 29.1 Å². The number of nitrogens with one attached hydrogen (secondary N) is 1. The highest BCUT2D eigenvalue weighted by atomic mass is 35.5. The molecule has 2 nitrogen and oxygen atoms in total. The monoisotopic (exact) mass is 253 g/mol. The first-order chi connectivity index (χ1) is 7.93. The second-order valence-electron chi connectivity index (χ2n) is 5.24. The smallest absolute Gasteiger partial charge is 0.224 e. The summed E-state index contributed by atoms with van der Waals surface area (Å²) in [6.07, 6.45) is 0.431. The zero-order valence-corrected chi connectivity index (χ0v) is 11.5. The Hall–Kier alpha value is -1.02. The Labute approximate surface area is 108 Å². The lowest BCUT2D eigenvalue weighted by Crippen LogP contribution is -2.35. The van der Waals surface area contributed by atoms with Crippen molar-refractivity contribution in [3.8, 4) is 0 Å². The highest BCUT2D eigenvalue weighted by Gasteiger charge is 2.17. The van der Waals surface area contributed by atoms with Crippen molar-refractivity contribution in [2.24, 2.45) is 5.41 Å². The van der Waals surface area contributed by atoms with Crippen molar-refractivity contribution in [3.63, 3.8) is 0 Å². The quantitative estimate of drug-likeness (QED) is 0.804. The number of rotatable bonds is 5. The average Bonchev–Trinajstić information content (AvgIpc) is 2.27. The molecule has 0 bridgehead atoms. The lowest BCUT2D eigenvalue weighted by molar-refractivity contribution is -0.120. The number of benzene rings is 1. The van der Waals surface area contributed by atoms with Crippen LogP contribution in [0.1, 0.15) is 25.0 Å². The van der Waals surface area contributed by atoms with Gasteiger partial charge < -0.3 is 5.32 Å². The summed E-state index contributed by atoms with van der Waals surface area (Å²) in [5.74, 6) is 0.589. The number of hydrogen-bond donors (Lipinski definition) is 1. The van der Waals surface area contributed by atoms with Gasteiger partial charge >= 0.3 is 0 Å². The van der Waals surface area contributed by atoms with Gasteiger partial charge in [0.15, 0.2) is 0 Å². The van der Waals surface area contributed by atoms with E-state index in [-0.39, 0.29) is 11.3 Å². The van der Waals surface area contributed by atoms with E-state index in [0.29, 0.717) is 18.8 Å². The van der Waals surface area contributed by atoms with Gasteiger partial charge in [-0.25, -0.2) is 0 Å². The molecule has 0 aromatic heterocycles. The highest BCUT2D eigenvalue weighted by molar-refractivity contribution is 6.18. The van der Waals surface area contributed by atoms with E-state index >= 15 is 0 Å². The van der Waals surface area contributed by atoms with Gasteiger partial charge in [-0.3, -0.25) is 4.79 Å². The van der Waals surface area contributed by atoms with Crippen LogP contribution in [0.15, 0.2) is 24.3 Å². The molecule has 17 heavy (non-hydrogen) atoms. The van der Waals surface area contributed by atoms with Gasteiger partial charge in [-0.05, 0) is 17.9 Å². The molecule has 0 spiro atoms. The van der Waals surface area contributed by atoms with Crippen LogP contribution in [0.25, 0.3) is 0 Å². The van der Waals surface area contributed by atoms with Crippen molar-refractivity contribution in [2.75, 3.05) is 12.4 Å². The number of carbonyl (C=O) groups excluding carboxylic acids is 1. The summed E-state index contributed by atoms with van der Waals surface area (Å²) in [5, 5.41) is 2.92. The third kappa shape index (κ3) is 5.22. The molecule has 0 saturated carbocycles. The van der Waals surface area contributed by atoms with Crippen LogP contribution < -0.4 is 5.32 Å². The Kier molecular flexibility index (Phi) is 5.01. The Morgan fingerprint density at radius 2 is 2.12 bits per heavy atom. The van der Waals surface area contributed by atoms with Crippen molar-refractivity contribution >= 4 is 17.5 Å². The first-order valence-corrected chi connectivity index (χ1v) is 6.35. The lowest BCUT2D eigenvalue weighted by atomic mass is 9.96. The number of aryl methyl sites for hydroxylation is 1. The first-order valence-electron chi connectivity index (χ1n) is 5.81. The van der Waals surface area contributed by atoms with Crippen molar-refractivity contribution in [1.29, 1.82) is 0 Å². The summed E-state index contributed by atoms with van der Waals surface area (Å²) in [6.45, 7) is 6.71. The summed E-state index contributed by atoms with van der Waals surface area (Å²) in [5.41, 5.74) is 2.17. The van der Waals surface area contributed by atoms with Crippen molar-refractivity contribution in [3.05, 3.63) is 35.4 Å². The molecule has 0 atom stereocenters. The summed E-state index contributed by atoms with van der Waals surface area (Å²) in [7, 11) is 0. The second-order valence-corrected chi connectivity index (χ2v) is 5.51. The Morgan fingerprint density at radius 3 is 2.71 bits per heavy atom. The van der Waals surface area contributed by atoms with Gasteiger partial charge in [-0.15, -0.1) is 11.6 Å². The van der Waals surface area contributed by atoms with Gasteiger partial charge in [0.2, 0.25) is 5.91 Å². The first kappa shape index (κ1) is 14.0. The predicted molar refractivity (Wildman–Crippen MR) is 72.4 cm³/mol. The molecule has 94 valence electrons. The van der Waals surface area contributed by atoms with Crippen LogP contribution >= 0.6 is 11.6 Å². The van der Waals surface area contributed by atoms with E-state index in [9.17, 15) is 4.79 Å². The molecule has 1 rings (SSSR count). The van der Waals surface area contributed by atoms with E-state index in [1.807, 2.05) is 45.0 Å². The minimum atomic E-state index is -0.0518. The van der Waals surface area contributed by atoms with Gasteiger partial charge in [0.05, 0.1) is 6.42 Å². The molecular weight excluding hydrogens is 234 g/mol. The van der Waals surface area contributed by atoms with E-state index < -0.39 is 0 Å². The standard InChI is InChI=1S/C14H20ClNO/c1-11-5-4-6-12(7-11)8-13(17)16-10-14(2,3)9-15/h4-7H,8-10H2,1-3H3,(H,16,17). The largest absolute Gasteiger partial charge is 0.355 e. The van der Waals surface area contributed by atoms with E-state index in [0.717, 1.165) is 5.56 Å². The van der Waals surface area contributed by atoms with Crippen LogP contribution in [0.5, 0.6) is 0 Å². The molecule has 3 heteroatoms. The average molecular weight is 254 g/mol. The molecule has 0 aliphatic heterocycles. The number of carbonyl (C=O) groups is 1. The molecule has 1 aromatic rings. The van der Waals surface area contributed by atoms with Crippen molar-refractivity contribution < 1.29 is 4.79 Å². The summed E-state index contributed by atoms with van der Waals surface area (Å²) >= 11 is 5.81. The molecule has 1 N–H and O–H groups in total. The van der Waals surface area contributed by atoms with Crippen LogP contribution in [-0.4, -0.2) is 18.3 Å². The van der Waals surface area contributed by atoms with Gasteiger partial charge in [0, 0.05) is 12.4 Å². The molecule has 0 saturated heterocycles. The second kappa shape index (κ2) is 6.06. The highest BCUT2D eigenvalue weighted by Crippen LogP contribution is 2.15. The summed E-state index contributed by atoms with van der Waals surface area (Å²) < 4.78 is 0. The summed E-state index contributed by atoms with van der Waals surface area (Å²) in [6, 6.07) is 8.00. The molecule has 0 heterocycles. The fourth-order valence-electron chi connectivity index (χ4n) is 1.46. The Morgan fingerprint density at radius 1 is 1.41 bits per heavy atom. The Bertz CT molecular complexity index is 388. The lowest BCUT2D eigenvalue weighted by Gasteiger charge is -2.21. The molecule has 0 radical (unpaired) electrons. The van der Waals surface area contributed by atoms with E-state index in [2.05, 4.69) is 5.32 Å². The zero-order valence-electron chi connectivity index (χ0n) is 10.7. The number of alkyl halides is 1. The number of hydrogen-bond acceptors (Lipinski definition) is 1. The third-order valence-electron chi connectivity index (χ3n) is 2.57. The zero-order chi connectivity index (χ0) is 12.9. The van der Waals surface area contributed by atoms with Gasteiger partial charge in [0.25, 0.3) is 0 Å². The molecule has 0 fully saturated rings. The van der Waals surface area contributed by atoms with E-state index in [1.165, 1.54) is 5.56 Å². The minimum absolute atomic E-state index is 0.0498. The molecule has 0 unspecified atom stereocenters. The normalized spacial score (nSPS) is 11.3. The summed E-state index contributed by atoms with van der Waals surface area (Å²) in [4.78, 5) is 11.7. The van der Waals surface area contributed by atoms with Crippen LogP contribution in [0.3, 0.4) is 0 Å². The number of amides is 1. The molecular formula is C14H20ClNO. The fraction of sp³-hybridized carbons (Fsp3) is 0.500. The maximum atomic E-state index is 11.7.